The normalized spacial score (nSPS) is 21.6. The second-order valence-corrected chi connectivity index (χ2v) is 7.30. The van der Waals surface area contributed by atoms with E-state index in [0.717, 1.165) is 22.2 Å². The van der Waals surface area contributed by atoms with Gasteiger partial charge in [0.05, 0.1) is 19.4 Å². The van der Waals surface area contributed by atoms with E-state index in [1.807, 2.05) is 25.5 Å². The van der Waals surface area contributed by atoms with Crippen LogP contribution in [-0.4, -0.2) is 38.7 Å². The summed E-state index contributed by atoms with van der Waals surface area (Å²) in [5.41, 5.74) is 1.96. The molecule has 1 aliphatic heterocycles. The van der Waals surface area contributed by atoms with Gasteiger partial charge in [0.15, 0.2) is 5.79 Å². The van der Waals surface area contributed by atoms with Crippen LogP contribution in [0.25, 0.3) is 22.2 Å². The number of aromatic nitrogens is 4. The number of H-pyrrole nitrogens is 1. The molecule has 5 rings (SSSR count). The number of alkyl halides is 1. The topological polar surface area (TPSA) is 65.0 Å². The number of nitrogens with one attached hydrogen (secondary N) is 1. The number of nitrogens with zero attached hydrogens (tertiary/aromatic N) is 3. The zero-order valence-electron chi connectivity index (χ0n) is 14.7. The van der Waals surface area contributed by atoms with E-state index in [0.29, 0.717) is 44.5 Å². The maximum atomic E-state index is 15.7. The van der Waals surface area contributed by atoms with E-state index >= 15 is 4.39 Å². The van der Waals surface area contributed by atoms with Crippen molar-refractivity contribution in [2.24, 2.45) is 7.05 Å². The van der Waals surface area contributed by atoms with E-state index in [-0.39, 0.29) is 0 Å². The summed E-state index contributed by atoms with van der Waals surface area (Å²) >= 11 is 0. The molecule has 0 atom stereocenters. The molecule has 3 aromatic rings. The molecular formula is C19H21FN4O2. The van der Waals surface area contributed by atoms with E-state index in [1.165, 1.54) is 0 Å². The Labute approximate surface area is 150 Å². The van der Waals surface area contributed by atoms with E-state index in [2.05, 4.69) is 15.1 Å². The van der Waals surface area contributed by atoms with Crippen LogP contribution in [0, 0.1) is 0 Å². The Bertz CT molecular complexity index is 948. The van der Waals surface area contributed by atoms with Gasteiger partial charge in [0.2, 0.25) is 0 Å². The fourth-order valence-corrected chi connectivity index (χ4v) is 4.15. The summed E-state index contributed by atoms with van der Waals surface area (Å²) < 4.78 is 28.9. The minimum atomic E-state index is -1.40. The summed E-state index contributed by atoms with van der Waals surface area (Å²) in [6.07, 6.45) is 9.22. The molecule has 4 heterocycles. The Kier molecular flexibility index (Phi) is 3.45. The molecule has 136 valence electrons. The largest absolute Gasteiger partial charge is 0.348 e. The molecule has 1 saturated carbocycles. The van der Waals surface area contributed by atoms with Crippen LogP contribution in [0.3, 0.4) is 0 Å². The van der Waals surface area contributed by atoms with Crippen molar-refractivity contribution >= 4 is 11.0 Å². The molecule has 1 spiro atoms. The van der Waals surface area contributed by atoms with Crippen LogP contribution in [0.1, 0.15) is 31.2 Å². The van der Waals surface area contributed by atoms with Crippen molar-refractivity contribution in [3.63, 3.8) is 0 Å². The zero-order chi connectivity index (χ0) is 17.8. The van der Waals surface area contributed by atoms with Crippen molar-refractivity contribution in [3.8, 4) is 11.1 Å². The molecule has 1 N–H and O–H groups in total. The molecule has 2 fully saturated rings. The molecule has 7 heteroatoms. The summed E-state index contributed by atoms with van der Waals surface area (Å²) in [5.74, 6) is -0.567. The Morgan fingerprint density at radius 3 is 2.62 bits per heavy atom. The fraction of sp³-hybridized carbons (Fsp3) is 0.474. The average Bonchev–Trinajstić information content (AvgIpc) is 3.37. The van der Waals surface area contributed by atoms with E-state index in [1.54, 1.807) is 17.1 Å². The van der Waals surface area contributed by atoms with E-state index in [4.69, 9.17) is 9.47 Å². The third-order valence-electron chi connectivity index (χ3n) is 5.68. The van der Waals surface area contributed by atoms with Crippen molar-refractivity contribution in [1.82, 2.24) is 19.7 Å². The molecule has 0 unspecified atom stereocenters. The minimum absolute atomic E-state index is 0.382. The molecule has 3 aromatic heterocycles. The van der Waals surface area contributed by atoms with E-state index in [9.17, 15) is 0 Å². The highest BCUT2D eigenvalue weighted by atomic mass is 19.1. The quantitative estimate of drug-likeness (QED) is 0.764. The predicted molar refractivity (Wildman–Crippen MR) is 94.2 cm³/mol. The van der Waals surface area contributed by atoms with E-state index < -0.39 is 11.5 Å². The van der Waals surface area contributed by atoms with Gasteiger partial charge in [-0.3, -0.25) is 4.68 Å². The number of pyridine rings is 1. The van der Waals surface area contributed by atoms with Gasteiger partial charge in [-0.05, 0) is 18.9 Å². The summed E-state index contributed by atoms with van der Waals surface area (Å²) in [6, 6.07) is 1.93. The van der Waals surface area contributed by atoms with Crippen molar-refractivity contribution in [2.75, 3.05) is 13.2 Å². The average molecular weight is 356 g/mol. The van der Waals surface area contributed by atoms with Crippen LogP contribution in [-0.2, 0) is 22.2 Å². The number of fused-ring (bicyclic) bond motifs is 1. The lowest BCUT2D eigenvalue weighted by Gasteiger charge is -2.39. The molecule has 1 aliphatic carbocycles. The number of aryl methyl sites for hydroxylation is 1. The second-order valence-electron chi connectivity index (χ2n) is 7.30. The first-order chi connectivity index (χ1) is 12.6. The van der Waals surface area contributed by atoms with Gasteiger partial charge in [-0.25, -0.2) is 9.37 Å². The standard InChI is InChI=1S/C19H21FN4O2/c1-24-12-13(9-23-24)16-11-22-17-15(16)8-14(10-21-17)18(20)2-4-19(5-3-18)25-6-7-26-19/h8-12H,2-7H2,1H3,(H,21,22). The Morgan fingerprint density at radius 2 is 1.92 bits per heavy atom. The van der Waals surface area contributed by atoms with Gasteiger partial charge in [0, 0.05) is 60.6 Å². The molecular weight excluding hydrogens is 335 g/mol. The molecule has 0 amide bonds. The van der Waals surface area contributed by atoms with Crippen molar-refractivity contribution in [3.05, 3.63) is 36.4 Å². The highest BCUT2D eigenvalue weighted by Crippen LogP contribution is 2.47. The first-order valence-corrected chi connectivity index (χ1v) is 9.00. The zero-order valence-corrected chi connectivity index (χ0v) is 14.7. The van der Waals surface area contributed by atoms with Gasteiger partial charge in [-0.1, -0.05) is 0 Å². The lowest BCUT2D eigenvalue weighted by atomic mass is 9.78. The van der Waals surface area contributed by atoms with Crippen LogP contribution in [0.2, 0.25) is 0 Å². The first-order valence-electron chi connectivity index (χ1n) is 9.00. The number of aromatic amines is 1. The highest BCUT2D eigenvalue weighted by Gasteiger charge is 2.47. The van der Waals surface area contributed by atoms with Crippen LogP contribution in [0.5, 0.6) is 0 Å². The monoisotopic (exact) mass is 356 g/mol. The lowest BCUT2D eigenvalue weighted by molar-refractivity contribution is -0.194. The first kappa shape index (κ1) is 16.0. The van der Waals surface area contributed by atoms with Gasteiger partial charge < -0.3 is 14.5 Å². The van der Waals surface area contributed by atoms with Crippen LogP contribution in [0.4, 0.5) is 4.39 Å². The number of ether oxygens (including phenoxy) is 2. The van der Waals surface area contributed by atoms with Gasteiger partial charge in [0.1, 0.15) is 11.3 Å². The van der Waals surface area contributed by atoms with Gasteiger partial charge in [0.25, 0.3) is 0 Å². The second kappa shape index (κ2) is 5.62. The van der Waals surface area contributed by atoms with Crippen LogP contribution < -0.4 is 0 Å². The van der Waals surface area contributed by atoms with Gasteiger partial charge >= 0.3 is 0 Å². The third kappa shape index (κ3) is 2.46. The van der Waals surface area contributed by atoms with Crippen molar-refractivity contribution < 1.29 is 13.9 Å². The summed E-state index contributed by atoms with van der Waals surface area (Å²) in [4.78, 5) is 7.63. The molecule has 0 aromatic carbocycles. The lowest BCUT2D eigenvalue weighted by Crippen LogP contribution is -2.40. The Hall–Kier alpha value is -2.25. The SMILES string of the molecule is Cn1cc(-c2c[nH]c3ncc(C4(F)CCC5(CC4)OCCO5)cc23)cn1. The van der Waals surface area contributed by atoms with Crippen LogP contribution >= 0.6 is 0 Å². The third-order valence-corrected chi connectivity index (χ3v) is 5.68. The molecule has 26 heavy (non-hydrogen) atoms. The maximum absolute atomic E-state index is 15.7. The van der Waals surface area contributed by atoms with Gasteiger partial charge in [-0.2, -0.15) is 5.10 Å². The number of rotatable bonds is 2. The minimum Gasteiger partial charge on any atom is -0.348 e. The molecule has 2 aliphatic rings. The molecule has 0 radical (unpaired) electrons. The predicted octanol–water partition coefficient (Wildman–Crippen LogP) is 3.45. The summed E-state index contributed by atoms with van der Waals surface area (Å²) in [6.45, 7) is 1.20. The number of halogens is 1. The fourth-order valence-electron chi connectivity index (χ4n) is 4.15. The molecule has 0 bridgehead atoms. The number of hydrogen-bond acceptors (Lipinski definition) is 4. The molecule has 6 nitrogen and oxygen atoms in total. The van der Waals surface area contributed by atoms with Crippen molar-refractivity contribution in [1.29, 1.82) is 0 Å². The Balaban J connectivity index is 1.49. The molecule has 1 saturated heterocycles. The highest BCUT2D eigenvalue weighted by molar-refractivity contribution is 5.93. The Morgan fingerprint density at radius 1 is 1.15 bits per heavy atom. The maximum Gasteiger partial charge on any atom is 0.168 e. The van der Waals surface area contributed by atoms with Crippen molar-refractivity contribution in [2.45, 2.75) is 37.1 Å². The van der Waals surface area contributed by atoms with Crippen LogP contribution in [0.15, 0.2) is 30.9 Å². The smallest absolute Gasteiger partial charge is 0.168 e. The number of hydrogen-bond donors (Lipinski definition) is 1. The summed E-state index contributed by atoms with van der Waals surface area (Å²) in [5, 5.41) is 5.14. The van der Waals surface area contributed by atoms with Gasteiger partial charge in [-0.15, -0.1) is 0 Å². The summed E-state index contributed by atoms with van der Waals surface area (Å²) in [7, 11) is 1.88.